The van der Waals surface area contributed by atoms with Crippen LogP contribution >= 0.6 is 11.6 Å². The molecule has 1 aliphatic rings. The van der Waals surface area contributed by atoms with Gasteiger partial charge in [-0.3, -0.25) is 9.59 Å². The Morgan fingerprint density at radius 1 is 1.00 bits per heavy atom. The lowest BCUT2D eigenvalue weighted by atomic mass is 10.1. The molecule has 0 atom stereocenters. The highest BCUT2D eigenvalue weighted by Gasteiger charge is 2.26. The molecule has 34 heavy (non-hydrogen) atoms. The molecule has 1 heterocycles. The van der Waals surface area contributed by atoms with Crippen molar-refractivity contribution in [1.29, 1.82) is 0 Å². The van der Waals surface area contributed by atoms with Gasteiger partial charge in [0.2, 0.25) is 0 Å². The number of aliphatic imine (C=N–C) groups is 1. The van der Waals surface area contributed by atoms with E-state index in [-0.39, 0.29) is 23.5 Å². The van der Waals surface area contributed by atoms with Crippen LogP contribution in [0, 0.1) is 0 Å². The number of unbranched alkanes of at least 4 members (excludes halogenated alkanes) is 1. The van der Waals surface area contributed by atoms with Gasteiger partial charge in [-0.2, -0.15) is 0 Å². The molecule has 7 nitrogen and oxygen atoms in total. The van der Waals surface area contributed by atoms with E-state index in [9.17, 15) is 14.4 Å². The maximum atomic E-state index is 12.6. The third kappa shape index (κ3) is 5.32. The van der Waals surface area contributed by atoms with E-state index in [2.05, 4.69) is 15.6 Å². The van der Waals surface area contributed by atoms with Gasteiger partial charge in [-0.15, -0.1) is 0 Å². The van der Waals surface area contributed by atoms with E-state index >= 15 is 0 Å². The number of anilines is 2. The van der Waals surface area contributed by atoms with Gasteiger partial charge in [0.05, 0.1) is 23.5 Å². The van der Waals surface area contributed by atoms with E-state index in [0.29, 0.717) is 45.4 Å². The second-order valence-electron chi connectivity index (χ2n) is 7.67. The van der Waals surface area contributed by atoms with Crippen molar-refractivity contribution < 1.29 is 19.1 Å². The molecule has 0 saturated carbocycles. The van der Waals surface area contributed by atoms with Gasteiger partial charge < -0.3 is 15.4 Å². The largest absolute Gasteiger partial charge is 0.462 e. The number of nitrogens with one attached hydrogen (secondary N) is 2. The highest BCUT2D eigenvalue weighted by molar-refractivity contribution is 6.54. The van der Waals surface area contributed by atoms with Crippen molar-refractivity contribution in [3.05, 3.63) is 88.4 Å². The molecule has 0 unspecified atom stereocenters. The van der Waals surface area contributed by atoms with Crippen LogP contribution in [0.1, 0.15) is 46.0 Å². The Bertz CT molecular complexity index is 1270. The number of amides is 2. The average Bonchev–Trinajstić information content (AvgIpc) is 3.14. The minimum atomic E-state index is -0.385. The van der Waals surface area contributed by atoms with Crippen LogP contribution in [0.4, 0.5) is 17.1 Å². The minimum absolute atomic E-state index is 0.267. The number of hydrogen-bond acceptors (Lipinski definition) is 5. The van der Waals surface area contributed by atoms with Crippen LogP contribution < -0.4 is 10.6 Å². The van der Waals surface area contributed by atoms with Gasteiger partial charge in [0.1, 0.15) is 5.71 Å². The van der Waals surface area contributed by atoms with Gasteiger partial charge in [0.15, 0.2) is 0 Å². The zero-order valence-corrected chi connectivity index (χ0v) is 19.2. The molecule has 0 aliphatic carbocycles. The Hall–Kier alpha value is -3.97. The predicted octanol–water partition coefficient (Wildman–Crippen LogP) is 5.62. The van der Waals surface area contributed by atoms with E-state index in [1.165, 1.54) is 0 Å². The summed E-state index contributed by atoms with van der Waals surface area (Å²) in [7, 11) is 0. The monoisotopic (exact) mass is 475 g/mol. The Morgan fingerprint density at radius 3 is 2.41 bits per heavy atom. The number of fused-ring (bicyclic) bond motifs is 1. The van der Waals surface area contributed by atoms with Gasteiger partial charge in [0, 0.05) is 21.8 Å². The molecule has 0 radical (unpaired) electrons. The second kappa shape index (κ2) is 10.3. The number of hydrogen-bond donors (Lipinski definition) is 2. The number of esters is 1. The van der Waals surface area contributed by atoms with E-state index in [0.717, 1.165) is 12.8 Å². The summed E-state index contributed by atoms with van der Waals surface area (Å²) in [4.78, 5) is 41.3. The molecule has 3 aromatic rings. The number of ether oxygens (including phenoxy) is 1. The van der Waals surface area contributed by atoms with E-state index in [1.807, 2.05) is 6.92 Å². The van der Waals surface area contributed by atoms with Gasteiger partial charge in [-0.1, -0.05) is 24.9 Å². The molecule has 0 spiro atoms. The molecule has 0 bridgehead atoms. The summed E-state index contributed by atoms with van der Waals surface area (Å²) in [5.74, 6) is -1.01. The number of benzene rings is 3. The summed E-state index contributed by atoms with van der Waals surface area (Å²) in [6.45, 7) is 2.41. The van der Waals surface area contributed by atoms with Crippen LogP contribution in [-0.2, 0) is 9.53 Å². The fourth-order valence-corrected chi connectivity index (χ4v) is 3.51. The van der Waals surface area contributed by atoms with Crippen LogP contribution in [0.3, 0.4) is 0 Å². The summed E-state index contributed by atoms with van der Waals surface area (Å²) in [5, 5.41) is 6.05. The number of rotatable bonds is 7. The molecular formula is C26H22ClN3O4. The lowest BCUT2D eigenvalue weighted by Gasteiger charge is -2.07. The summed E-state index contributed by atoms with van der Waals surface area (Å²) in [5.41, 5.74) is 3.49. The smallest absolute Gasteiger partial charge is 0.338 e. The van der Waals surface area contributed by atoms with Gasteiger partial charge in [-0.25, -0.2) is 9.79 Å². The summed E-state index contributed by atoms with van der Waals surface area (Å²) < 4.78 is 5.18. The minimum Gasteiger partial charge on any atom is -0.462 e. The molecule has 2 amide bonds. The maximum Gasteiger partial charge on any atom is 0.338 e. The van der Waals surface area contributed by atoms with Gasteiger partial charge in [0.25, 0.3) is 11.8 Å². The molecule has 1 aliphatic heterocycles. The van der Waals surface area contributed by atoms with Crippen LogP contribution in [-0.4, -0.2) is 30.1 Å². The zero-order valence-electron chi connectivity index (χ0n) is 18.4. The second-order valence-corrected chi connectivity index (χ2v) is 8.11. The first-order chi connectivity index (χ1) is 16.4. The third-order valence-electron chi connectivity index (χ3n) is 5.18. The maximum absolute atomic E-state index is 12.6. The highest BCUT2D eigenvalue weighted by Crippen LogP contribution is 2.28. The standard InChI is InChI=1S/C26H22ClN3O4/c1-2-3-14-34-26(33)17-6-11-20(12-7-17)29-24(31)16-4-9-19(10-5-16)28-23-21-15-18(27)8-13-22(21)30-25(23)32/h4-13,15H,2-3,14H2,1H3,(H,29,31)(H,28,30,32). The Balaban J connectivity index is 1.41. The highest BCUT2D eigenvalue weighted by atomic mass is 35.5. The molecule has 2 N–H and O–H groups in total. The average molecular weight is 476 g/mol. The lowest BCUT2D eigenvalue weighted by molar-refractivity contribution is -0.110. The molecule has 8 heteroatoms. The van der Waals surface area contributed by atoms with Crippen molar-refractivity contribution in [2.45, 2.75) is 19.8 Å². The number of halogens is 1. The van der Waals surface area contributed by atoms with Gasteiger partial charge >= 0.3 is 5.97 Å². The van der Waals surface area contributed by atoms with Crippen molar-refractivity contribution in [2.24, 2.45) is 4.99 Å². The topological polar surface area (TPSA) is 96.9 Å². The van der Waals surface area contributed by atoms with Crippen LogP contribution in [0.15, 0.2) is 71.7 Å². The molecular weight excluding hydrogens is 454 g/mol. The van der Waals surface area contributed by atoms with E-state index < -0.39 is 0 Å². The fourth-order valence-electron chi connectivity index (χ4n) is 3.34. The molecule has 0 fully saturated rings. The van der Waals surface area contributed by atoms with Crippen molar-refractivity contribution in [1.82, 2.24) is 0 Å². The summed E-state index contributed by atoms with van der Waals surface area (Å²) in [6, 6.07) is 18.2. The van der Waals surface area contributed by atoms with Crippen molar-refractivity contribution in [3.8, 4) is 0 Å². The first-order valence-electron chi connectivity index (χ1n) is 10.8. The molecule has 0 saturated heterocycles. The first-order valence-corrected chi connectivity index (χ1v) is 11.2. The summed E-state index contributed by atoms with van der Waals surface area (Å²) >= 11 is 6.05. The van der Waals surface area contributed by atoms with E-state index in [1.54, 1.807) is 66.7 Å². The van der Waals surface area contributed by atoms with Crippen molar-refractivity contribution in [3.63, 3.8) is 0 Å². The Kier molecular flexibility index (Phi) is 7.04. The number of nitrogens with zero attached hydrogens (tertiary/aromatic N) is 1. The Labute approximate surface area is 201 Å². The summed E-state index contributed by atoms with van der Waals surface area (Å²) in [6.07, 6.45) is 1.77. The molecule has 3 aromatic carbocycles. The van der Waals surface area contributed by atoms with Crippen LogP contribution in [0.5, 0.6) is 0 Å². The van der Waals surface area contributed by atoms with E-state index in [4.69, 9.17) is 16.3 Å². The zero-order chi connectivity index (χ0) is 24.1. The van der Waals surface area contributed by atoms with Crippen LogP contribution in [0.25, 0.3) is 0 Å². The predicted molar refractivity (Wildman–Crippen MR) is 132 cm³/mol. The SMILES string of the molecule is CCCCOC(=O)c1ccc(NC(=O)c2ccc(N=C3C(=O)Nc4ccc(Cl)cc43)cc2)cc1. The number of carbonyl (C=O) groups excluding carboxylic acids is 3. The normalized spacial score (nSPS) is 13.4. The Morgan fingerprint density at radius 2 is 1.71 bits per heavy atom. The fraction of sp³-hybridized carbons (Fsp3) is 0.154. The van der Waals surface area contributed by atoms with Crippen molar-refractivity contribution >= 4 is 52.2 Å². The lowest BCUT2D eigenvalue weighted by Crippen LogP contribution is -2.14. The number of carbonyl (C=O) groups is 3. The van der Waals surface area contributed by atoms with Gasteiger partial charge in [-0.05, 0) is 73.2 Å². The quantitative estimate of drug-likeness (QED) is 0.342. The van der Waals surface area contributed by atoms with Crippen LogP contribution in [0.2, 0.25) is 5.02 Å². The third-order valence-corrected chi connectivity index (χ3v) is 5.42. The van der Waals surface area contributed by atoms with Crippen molar-refractivity contribution in [2.75, 3.05) is 17.2 Å². The first kappa shape index (κ1) is 23.2. The molecule has 172 valence electrons. The molecule has 4 rings (SSSR count). The molecule has 0 aromatic heterocycles.